The number of nitrogens with two attached hydrogens (primary N) is 1. The Labute approximate surface area is 287 Å². The zero-order valence-electron chi connectivity index (χ0n) is 27.6. The molecule has 0 saturated carbocycles. The molecular weight excluding hydrogens is 592 g/mol. The highest BCUT2D eigenvalue weighted by molar-refractivity contribution is 5.42. The van der Waals surface area contributed by atoms with Crippen molar-refractivity contribution in [1.29, 1.82) is 5.26 Å². The van der Waals surface area contributed by atoms with E-state index >= 15 is 0 Å². The number of hydrogen-bond acceptors (Lipinski definition) is 8. The average molecular weight is 657 g/mol. The van der Waals surface area contributed by atoms with Gasteiger partial charge in [0.25, 0.3) is 0 Å². The summed E-state index contributed by atoms with van der Waals surface area (Å²) in [6.07, 6.45) is 2.41. The molecule has 3 heterocycles. The first kappa shape index (κ1) is 47.3. The van der Waals surface area contributed by atoms with Crippen molar-refractivity contribution in [3.05, 3.63) is 72.8 Å². The molecule has 0 aromatic heterocycles. The zero-order valence-corrected chi connectivity index (χ0v) is 27.6. The van der Waals surface area contributed by atoms with E-state index in [1.165, 1.54) is 0 Å². The van der Waals surface area contributed by atoms with Gasteiger partial charge in [0.1, 0.15) is 38.1 Å². The van der Waals surface area contributed by atoms with Gasteiger partial charge in [-0.05, 0) is 55.8 Å². The van der Waals surface area contributed by atoms with Gasteiger partial charge in [-0.15, -0.1) is 0 Å². The van der Waals surface area contributed by atoms with Crippen LogP contribution >= 0.6 is 0 Å². The van der Waals surface area contributed by atoms with Crippen molar-refractivity contribution in [2.45, 2.75) is 108 Å². The lowest BCUT2D eigenvalue weighted by atomic mass is 10.2. The predicted molar refractivity (Wildman–Crippen MR) is 197 cm³/mol. The molecule has 8 heteroatoms. The van der Waals surface area contributed by atoms with Crippen molar-refractivity contribution in [2.24, 2.45) is 5.73 Å². The van der Waals surface area contributed by atoms with Gasteiger partial charge in [0, 0.05) is 0 Å². The van der Waals surface area contributed by atoms with Crippen LogP contribution in [0, 0.1) is 11.3 Å². The molecule has 8 nitrogen and oxygen atoms in total. The Hall–Kier alpha value is -4.09. The maximum atomic E-state index is 8.48. The number of benzene rings is 3. The van der Waals surface area contributed by atoms with Gasteiger partial charge in [-0.1, -0.05) is 107 Å². The first-order chi connectivity index (χ1) is 21.7. The van der Waals surface area contributed by atoms with Gasteiger partial charge < -0.3 is 34.2 Å². The Morgan fingerprint density at radius 2 is 0.894 bits per heavy atom. The second kappa shape index (κ2) is 29.3. The Bertz CT molecular complexity index is 1200. The molecule has 3 aliphatic rings. The molecular formula is C39H64N2O6. The number of fused-ring (bicyclic) bond motifs is 3. The average Bonchev–Trinajstić information content (AvgIpc) is 3.11. The molecule has 3 aliphatic heterocycles. The first-order valence-corrected chi connectivity index (χ1v) is 15.9. The molecule has 3 atom stereocenters. The van der Waals surface area contributed by atoms with Crippen LogP contribution in [0.3, 0.4) is 0 Å². The molecule has 47 heavy (non-hydrogen) atoms. The van der Waals surface area contributed by atoms with Crippen molar-refractivity contribution < 1.29 is 28.4 Å². The summed E-state index contributed by atoms with van der Waals surface area (Å²) in [6.45, 7) is 16.5. The Morgan fingerprint density at radius 3 is 1.26 bits per heavy atom. The standard InChI is InChI=1S/C10H13NO2.C10H9NO2.C10H12O2.3C2H6.3CH4/c2*11-6-5-8-7-12-9-3-1-2-4-10(9)13-8;1-2-8-7-11-9-5-3-4-6-10(9)12-8;3*1-2;;;/h1-4,8H,5-7,11H2;1-4,8H,5,7H2;3-6,8H,2,7H2,1H3;3*1-2H3;3*1H4. The largest absolute Gasteiger partial charge is 0.486 e. The maximum absolute atomic E-state index is 8.48. The molecule has 3 aromatic rings. The molecule has 0 radical (unpaired) electrons. The van der Waals surface area contributed by atoms with E-state index < -0.39 is 0 Å². The van der Waals surface area contributed by atoms with Gasteiger partial charge in [0.2, 0.25) is 0 Å². The van der Waals surface area contributed by atoms with Gasteiger partial charge >= 0.3 is 0 Å². The summed E-state index contributed by atoms with van der Waals surface area (Å²) in [5.41, 5.74) is 5.44. The SMILES string of the molecule is C.C.C.CC.CC.CC.CCC1COc2ccccc2O1.N#CCC1COc2ccccc2O1.NCCC1COc2ccccc2O1. The molecule has 3 aromatic carbocycles. The van der Waals surface area contributed by atoms with Gasteiger partial charge in [0.15, 0.2) is 34.5 Å². The fraction of sp³-hybridized carbons (Fsp3) is 0.513. The molecule has 0 spiro atoms. The van der Waals surface area contributed by atoms with Crippen molar-refractivity contribution in [1.82, 2.24) is 0 Å². The molecule has 0 saturated heterocycles. The Balaban J connectivity index is -0.000000555. The van der Waals surface area contributed by atoms with Gasteiger partial charge in [-0.25, -0.2) is 0 Å². The Kier molecular flexibility index (Phi) is 29.5. The molecule has 0 amide bonds. The Morgan fingerprint density at radius 1 is 0.574 bits per heavy atom. The van der Waals surface area contributed by atoms with Crippen LogP contribution in [-0.4, -0.2) is 44.7 Å². The van der Waals surface area contributed by atoms with Crippen LogP contribution in [0.25, 0.3) is 0 Å². The molecule has 0 bridgehead atoms. The summed E-state index contributed by atoms with van der Waals surface area (Å²) < 4.78 is 33.3. The van der Waals surface area contributed by atoms with Gasteiger partial charge in [0.05, 0.1) is 12.5 Å². The van der Waals surface area contributed by atoms with E-state index in [0.29, 0.717) is 32.8 Å². The second-order valence-electron chi connectivity index (χ2n) is 8.84. The molecule has 266 valence electrons. The second-order valence-corrected chi connectivity index (χ2v) is 8.84. The summed E-state index contributed by atoms with van der Waals surface area (Å²) in [7, 11) is 0. The fourth-order valence-electron chi connectivity index (χ4n) is 3.92. The minimum Gasteiger partial charge on any atom is -0.486 e. The lowest BCUT2D eigenvalue weighted by Crippen LogP contribution is -2.31. The lowest BCUT2D eigenvalue weighted by Gasteiger charge is -2.25. The van der Waals surface area contributed by atoms with E-state index in [1.54, 1.807) is 0 Å². The van der Waals surface area contributed by atoms with E-state index in [4.69, 9.17) is 39.4 Å². The number of nitriles is 1. The van der Waals surface area contributed by atoms with Crippen LogP contribution in [0.5, 0.6) is 34.5 Å². The summed E-state index contributed by atoms with van der Waals surface area (Å²) in [5, 5.41) is 8.48. The van der Waals surface area contributed by atoms with E-state index in [0.717, 1.165) is 47.3 Å². The van der Waals surface area contributed by atoms with Crippen LogP contribution in [0.1, 0.15) is 90.0 Å². The third-order valence-corrected chi connectivity index (χ3v) is 5.97. The number of para-hydroxylation sites is 6. The third-order valence-electron chi connectivity index (χ3n) is 5.97. The number of ether oxygens (including phenoxy) is 6. The smallest absolute Gasteiger partial charge is 0.161 e. The highest BCUT2D eigenvalue weighted by Gasteiger charge is 2.21. The quantitative estimate of drug-likeness (QED) is 0.296. The van der Waals surface area contributed by atoms with E-state index in [1.807, 2.05) is 114 Å². The van der Waals surface area contributed by atoms with Crippen LogP contribution < -0.4 is 34.2 Å². The summed E-state index contributed by atoms with van der Waals surface area (Å²) in [6, 6.07) is 25.0. The van der Waals surface area contributed by atoms with Crippen molar-refractivity contribution in [3.8, 4) is 40.6 Å². The maximum Gasteiger partial charge on any atom is 0.161 e. The lowest BCUT2D eigenvalue weighted by molar-refractivity contribution is 0.0866. The first-order valence-electron chi connectivity index (χ1n) is 15.9. The highest BCUT2D eigenvalue weighted by Crippen LogP contribution is 2.33. The molecule has 2 N–H and O–H groups in total. The zero-order chi connectivity index (χ0) is 32.6. The molecule has 0 fully saturated rings. The third kappa shape index (κ3) is 16.3. The summed E-state index contributed by atoms with van der Waals surface area (Å²) in [4.78, 5) is 0. The van der Waals surface area contributed by atoms with Crippen molar-refractivity contribution >= 4 is 0 Å². The topological polar surface area (TPSA) is 105 Å². The van der Waals surface area contributed by atoms with Crippen LogP contribution in [0.4, 0.5) is 0 Å². The highest BCUT2D eigenvalue weighted by atomic mass is 16.6. The monoisotopic (exact) mass is 656 g/mol. The summed E-state index contributed by atoms with van der Waals surface area (Å²) >= 11 is 0. The van der Waals surface area contributed by atoms with E-state index in [9.17, 15) is 0 Å². The van der Waals surface area contributed by atoms with Crippen LogP contribution in [0.15, 0.2) is 72.8 Å². The molecule has 3 unspecified atom stereocenters. The molecule has 6 rings (SSSR count). The van der Waals surface area contributed by atoms with Crippen molar-refractivity contribution in [3.63, 3.8) is 0 Å². The van der Waals surface area contributed by atoms with Gasteiger partial charge in [-0.2, -0.15) is 5.26 Å². The van der Waals surface area contributed by atoms with Crippen molar-refractivity contribution in [2.75, 3.05) is 26.4 Å². The fourth-order valence-corrected chi connectivity index (χ4v) is 3.92. The summed E-state index contributed by atoms with van der Waals surface area (Å²) in [5.74, 6) is 4.88. The minimum absolute atomic E-state index is 0. The number of hydrogen-bond donors (Lipinski definition) is 1. The molecule has 0 aliphatic carbocycles. The number of nitrogens with zero attached hydrogens (tertiary/aromatic N) is 1. The number of rotatable bonds is 4. The minimum atomic E-state index is -0.125. The van der Waals surface area contributed by atoms with Crippen LogP contribution in [0.2, 0.25) is 0 Å². The van der Waals surface area contributed by atoms with E-state index in [2.05, 4.69) is 13.0 Å². The normalized spacial score (nSPS) is 16.4. The van der Waals surface area contributed by atoms with Crippen LogP contribution in [-0.2, 0) is 0 Å². The van der Waals surface area contributed by atoms with Gasteiger partial charge in [-0.3, -0.25) is 0 Å². The predicted octanol–water partition coefficient (Wildman–Crippen LogP) is 10.1. The van der Waals surface area contributed by atoms with E-state index in [-0.39, 0.29) is 40.6 Å².